The summed E-state index contributed by atoms with van der Waals surface area (Å²) >= 11 is 3.50. The second-order valence-electron chi connectivity index (χ2n) is 16.8. The minimum Gasteiger partial charge on any atom is -0.361 e. The smallest absolute Gasteiger partial charge is 0.277 e. The Kier molecular flexibility index (Phi) is 13.9. The second-order valence-corrected chi connectivity index (χ2v) is 17.7. The van der Waals surface area contributed by atoms with E-state index in [1.165, 1.54) is 17.2 Å². The number of nitro groups is 2. The third-order valence-corrected chi connectivity index (χ3v) is 12.7. The maximum Gasteiger partial charge on any atom is 0.277 e. The fraction of sp³-hybridized carbons (Fsp3) is 0. The van der Waals surface area contributed by atoms with Crippen LogP contribution in [0.4, 0.5) is 11.4 Å². The number of nitrogens with zero attached hydrogens (tertiary/aromatic N) is 5. The Morgan fingerprint density at radius 1 is 0.411 bits per heavy atom. The first kappa shape index (κ1) is 47.1. The van der Waals surface area contributed by atoms with Crippen molar-refractivity contribution in [2.45, 2.75) is 0 Å². The van der Waals surface area contributed by atoms with Gasteiger partial charge in [0, 0.05) is 51.9 Å². The molecular weight excluding hydrogens is 973 g/mol. The third-order valence-electron chi connectivity index (χ3n) is 12.3. The van der Waals surface area contributed by atoms with E-state index < -0.39 is 0 Å². The zero-order chi connectivity index (χ0) is 50.1. The number of rotatable bonds is 9. The molecule has 1 N–H and O–H groups in total. The topological polar surface area (TPSA) is 133 Å². The fourth-order valence-corrected chi connectivity index (χ4v) is 9.33. The molecule has 0 unspecified atom stereocenters. The summed E-state index contributed by atoms with van der Waals surface area (Å²) < 4.78 is 2.90. The molecule has 0 amide bonds. The quantitative estimate of drug-likeness (QED) is 0.0870. The van der Waals surface area contributed by atoms with E-state index in [0.29, 0.717) is 11.1 Å². The van der Waals surface area contributed by atoms with Gasteiger partial charge in [-0.25, -0.2) is 9.97 Å². The van der Waals surface area contributed by atoms with E-state index in [4.69, 9.17) is 4.98 Å². The van der Waals surface area contributed by atoms with Crippen LogP contribution < -0.4 is 0 Å². The Bertz CT molecular complexity index is 3770. The van der Waals surface area contributed by atoms with Gasteiger partial charge in [0.2, 0.25) is 0 Å². The molecule has 0 bridgehead atoms. The highest BCUT2D eigenvalue weighted by atomic mass is 79.9. The molecule has 12 aromatic rings. The molecule has 352 valence electrons. The first-order valence-corrected chi connectivity index (χ1v) is 24.1. The Labute approximate surface area is 429 Å². The summed E-state index contributed by atoms with van der Waals surface area (Å²) in [5, 5.41) is 24.7. The van der Waals surface area contributed by atoms with Crippen molar-refractivity contribution in [2.75, 3.05) is 0 Å². The van der Waals surface area contributed by atoms with E-state index in [2.05, 4.69) is 92.6 Å². The molecule has 0 radical (unpaired) electrons. The molecule has 0 saturated heterocycles. The largest absolute Gasteiger partial charge is 0.361 e. The van der Waals surface area contributed by atoms with Gasteiger partial charge < -0.3 is 9.55 Å². The fourth-order valence-electron chi connectivity index (χ4n) is 8.89. The van der Waals surface area contributed by atoms with Gasteiger partial charge >= 0.3 is 0 Å². The Hall–Kier alpha value is -9.58. The molecule has 0 aliphatic rings. The van der Waals surface area contributed by atoms with Crippen LogP contribution in [-0.4, -0.2) is 29.4 Å². The lowest BCUT2D eigenvalue weighted by Crippen LogP contribution is -1.99. The van der Waals surface area contributed by atoms with Gasteiger partial charge in [0.05, 0.1) is 37.9 Å². The van der Waals surface area contributed by atoms with E-state index in [1.54, 1.807) is 30.3 Å². The van der Waals surface area contributed by atoms with Crippen LogP contribution >= 0.6 is 15.9 Å². The van der Waals surface area contributed by atoms with Gasteiger partial charge in [0.15, 0.2) is 0 Å². The average Bonchev–Trinajstić information content (AvgIpc) is 4.13. The van der Waals surface area contributed by atoms with Crippen molar-refractivity contribution in [2.24, 2.45) is 0 Å². The van der Waals surface area contributed by atoms with Crippen molar-refractivity contribution in [3.8, 4) is 72.8 Å². The molecule has 0 spiro atoms. The Morgan fingerprint density at radius 2 is 0.863 bits per heavy atom. The molecule has 4 aromatic heterocycles. The highest BCUT2D eigenvalue weighted by Gasteiger charge is 2.19. The van der Waals surface area contributed by atoms with Crippen LogP contribution in [0.1, 0.15) is 0 Å². The number of fused-ring (bicyclic) bond motifs is 2. The van der Waals surface area contributed by atoms with Crippen molar-refractivity contribution < 1.29 is 9.85 Å². The molecule has 0 fully saturated rings. The van der Waals surface area contributed by atoms with E-state index in [-0.39, 0.29) is 21.2 Å². The normalized spacial score (nSPS) is 10.8. The molecule has 11 heteroatoms. The third kappa shape index (κ3) is 10.5. The maximum atomic E-state index is 11.7. The van der Waals surface area contributed by atoms with Gasteiger partial charge in [0.1, 0.15) is 10.4 Å². The van der Waals surface area contributed by atoms with Gasteiger partial charge in [-0.15, -0.1) is 0 Å². The number of pyridine rings is 2. The van der Waals surface area contributed by atoms with E-state index in [1.807, 2.05) is 156 Å². The number of hydrogen-bond acceptors (Lipinski definition) is 6. The number of halogens is 1. The van der Waals surface area contributed by atoms with Gasteiger partial charge in [-0.3, -0.25) is 20.2 Å². The zero-order valence-corrected chi connectivity index (χ0v) is 40.6. The predicted octanol–water partition coefficient (Wildman–Crippen LogP) is 16.9. The minimum atomic E-state index is -0.346. The average molecular weight is 1020 g/mol. The standard InChI is InChI=1S/C31H21N3O2.C17H12BrN.C14H10N2O2/c35-34(36)30-16-8-7-14-26(30)25-15-9-17-29-27(25)18-19-33(29)31-21-24(22-10-3-1-4-11-22)20-28(32-31)23-12-5-2-6-13-23;18-17-12-15(13-7-3-1-4-8-13)11-16(19-17)14-9-5-2-6-10-14;17-16(18)14-7-2-1-4-12(14)10-5-3-6-13-11(10)8-9-15-13/h1-21H;1-12H;1-9,15H. The van der Waals surface area contributed by atoms with E-state index in [0.717, 1.165) is 77.0 Å². The van der Waals surface area contributed by atoms with Crippen LogP contribution in [0.2, 0.25) is 0 Å². The summed E-state index contributed by atoms with van der Waals surface area (Å²) in [6.45, 7) is 0. The maximum absolute atomic E-state index is 11.7. The highest BCUT2D eigenvalue weighted by molar-refractivity contribution is 9.10. The number of para-hydroxylation sites is 2. The van der Waals surface area contributed by atoms with Crippen LogP contribution in [0, 0.1) is 20.2 Å². The highest BCUT2D eigenvalue weighted by Crippen LogP contribution is 2.38. The van der Waals surface area contributed by atoms with Crippen LogP contribution in [-0.2, 0) is 0 Å². The van der Waals surface area contributed by atoms with Crippen LogP contribution in [0.3, 0.4) is 0 Å². The molecular formula is C62H43BrN6O4. The van der Waals surface area contributed by atoms with Crippen molar-refractivity contribution in [1.29, 1.82) is 0 Å². The molecule has 8 aromatic carbocycles. The first-order chi connectivity index (χ1) is 35.8. The molecule has 4 heterocycles. The molecule has 0 aliphatic carbocycles. The Morgan fingerprint density at radius 3 is 1.41 bits per heavy atom. The van der Waals surface area contributed by atoms with Crippen molar-refractivity contribution in [3.63, 3.8) is 0 Å². The number of benzene rings is 8. The van der Waals surface area contributed by atoms with Crippen molar-refractivity contribution in [3.05, 3.63) is 280 Å². The summed E-state index contributed by atoms with van der Waals surface area (Å²) in [6, 6.07) is 78.5. The monoisotopic (exact) mass is 1010 g/mol. The lowest BCUT2D eigenvalue weighted by atomic mass is 10.00. The first-order valence-electron chi connectivity index (χ1n) is 23.3. The molecule has 10 nitrogen and oxygen atoms in total. The number of nitro benzene ring substituents is 2. The zero-order valence-electron chi connectivity index (χ0n) is 39.0. The molecule has 0 aliphatic heterocycles. The lowest BCUT2D eigenvalue weighted by Gasteiger charge is -2.12. The van der Waals surface area contributed by atoms with Gasteiger partial charge in [0.25, 0.3) is 11.4 Å². The molecule has 12 rings (SSSR count). The summed E-state index contributed by atoms with van der Waals surface area (Å²) in [7, 11) is 0. The number of hydrogen-bond donors (Lipinski definition) is 1. The minimum absolute atomic E-state index is 0.0910. The number of aromatic amines is 1. The number of H-pyrrole nitrogens is 1. The summed E-state index contributed by atoms with van der Waals surface area (Å²) in [5.41, 5.74) is 13.6. The van der Waals surface area contributed by atoms with Crippen LogP contribution in [0.15, 0.2) is 260 Å². The van der Waals surface area contributed by atoms with Crippen LogP contribution in [0.25, 0.3) is 94.6 Å². The number of aromatic nitrogens is 4. The SMILES string of the molecule is Brc1cc(-c2ccccc2)cc(-c2ccccc2)n1.O=[N+]([O-])c1ccccc1-c1cccc2[nH]ccc12.O=[N+]([O-])c1ccccc1-c1cccc2c1ccn2-c1cc(-c2ccccc2)cc(-c2ccccc2)n1. The molecule has 0 atom stereocenters. The number of nitrogens with one attached hydrogen (secondary N) is 1. The predicted molar refractivity (Wildman–Crippen MR) is 297 cm³/mol. The molecule has 0 saturated carbocycles. The van der Waals surface area contributed by atoms with E-state index >= 15 is 0 Å². The summed E-state index contributed by atoms with van der Waals surface area (Å²) in [6.07, 6.45) is 3.82. The van der Waals surface area contributed by atoms with Crippen molar-refractivity contribution >= 4 is 49.1 Å². The van der Waals surface area contributed by atoms with Gasteiger partial charge in [-0.05, 0) is 110 Å². The van der Waals surface area contributed by atoms with Crippen molar-refractivity contribution in [1.82, 2.24) is 19.5 Å². The molecule has 73 heavy (non-hydrogen) atoms. The van der Waals surface area contributed by atoms with E-state index in [9.17, 15) is 20.2 Å². The van der Waals surface area contributed by atoms with Gasteiger partial charge in [-0.2, -0.15) is 0 Å². The summed E-state index contributed by atoms with van der Waals surface area (Å²) in [4.78, 5) is 34.8. The van der Waals surface area contributed by atoms with Crippen LogP contribution in [0.5, 0.6) is 0 Å². The summed E-state index contributed by atoms with van der Waals surface area (Å²) in [5.74, 6) is 0.782. The lowest BCUT2D eigenvalue weighted by molar-refractivity contribution is -0.384. The second kappa shape index (κ2) is 21.6. The Balaban J connectivity index is 0.000000139. The van der Waals surface area contributed by atoms with Gasteiger partial charge in [-0.1, -0.05) is 170 Å².